The van der Waals surface area contributed by atoms with Gasteiger partial charge in [-0.05, 0) is 56.8 Å². The number of ether oxygens (including phenoxy) is 1. The standard InChI is InChI=1S/C18H30O2/c1-2-20-18(9-5-3-4-6-10-18)17(19)13-16-12-14-7-8-15(16)11-14/h14-16H,2-13H2,1H3. The smallest absolute Gasteiger partial charge is 0.164 e. The summed E-state index contributed by atoms with van der Waals surface area (Å²) >= 11 is 0. The highest BCUT2D eigenvalue weighted by Crippen LogP contribution is 2.50. The number of Topliss-reactive ketones (excluding diaryl/α,β-unsaturated/α-hetero) is 1. The quantitative estimate of drug-likeness (QED) is 0.692. The molecule has 20 heavy (non-hydrogen) atoms. The fourth-order valence-corrected chi connectivity index (χ4v) is 5.13. The molecule has 3 fully saturated rings. The second kappa shape index (κ2) is 6.17. The number of carbonyl (C=O) groups excluding carboxylic acids is 1. The lowest BCUT2D eigenvalue weighted by Crippen LogP contribution is -2.42. The largest absolute Gasteiger partial charge is 0.368 e. The average molecular weight is 278 g/mol. The zero-order valence-corrected chi connectivity index (χ0v) is 13.0. The molecule has 114 valence electrons. The van der Waals surface area contributed by atoms with Crippen molar-refractivity contribution in [3.63, 3.8) is 0 Å². The van der Waals surface area contributed by atoms with E-state index in [0.29, 0.717) is 18.3 Å². The van der Waals surface area contributed by atoms with Crippen LogP contribution in [0.25, 0.3) is 0 Å². The zero-order valence-electron chi connectivity index (χ0n) is 13.0. The van der Waals surface area contributed by atoms with Crippen LogP contribution in [0.15, 0.2) is 0 Å². The molecular weight excluding hydrogens is 248 g/mol. The van der Waals surface area contributed by atoms with Gasteiger partial charge in [-0.25, -0.2) is 0 Å². The Bertz CT molecular complexity index is 341. The van der Waals surface area contributed by atoms with Gasteiger partial charge in [-0.3, -0.25) is 4.79 Å². The molecule has 3 aliphatic rings. The van der Waals surface area contributed by atoms with Crippen LogP contribution in [0, 0.1) is 17.8 Å². The summed E-state index contributed by atoms with van der Waals surface area (Å²) in [6.45, 7) is 2.72. The van der Waals surface area contributed by atoms with Crippen molar-refractivity contribution < 1.29 is 9.53 Å². The summed E-state index contributed by atoms with van der Waals surface area (Å²) in [5, 5.41) is 0. The van der Waals surface area contributed by atoms with E-state index in [1.807, 2.05) is 6.92 Å². The van der Waals surface area contributed by atoms with E-state index in [1.54, 1.807) is 0 Å². The predicted molar refractivity (Wildman–Crippen MR) is 80.6 cm³/mol. The summed E-state index contributed by atoms with van der Waals surface area (Å²) in [6.07, 6.45) is 13.2. The molecule has 0 radical (unpaired) electrons. The van der Waals surface area contributed by atoms with Crippen LogP contribution >= 0.6 is 0 Å². The Morgan fingerprint density at radius 2 is 1.85 bits per heavy atom. The van der Waals surface area contributed by atoms with Crippen LogP contribution in [0.2, 0.25) is 0 Å². The first-order valence-corrected chi connectivity index (χ1v) is 8.91. The second-order valence-electron chi connectivity index (χ2n) is 7.40. The average Bonchev–Trinajstić information content (AvgIpc) is 2.96. The van der Waals surface area contributed by atoms with Crippen LogP contribution in [-0.2, 0) is 9.53 Å². The number of hydrogen-bond donors (Lipinski definition) is 0. The Morgan fingerprint density at radius 1 is 1.10 bits per heavy atom. The van der Waals surface area contributed by atoms with Crippen LogP contribution in [0.3, 0.4) is 0 Å². The number of fused-ring (bicyclic) bond motifs is 2. The fourth-order valence-electron chi connectivity index (χ4n) is 5.13. The second-order valence-corrected chi connectivity index (χ2v) is 7.40. The lowest BCUT2D eigenvalue weighted by molar-refractivity contribution is -0.147. The van der Waals surface area contributed by atoms with Crippen molar-refractivity contribution in [2.45, 2.75) is 83.2 Å². The molecule has 0 saturated heterocycles. The monoisotopic (exact) mass is 278 g/mol. The van der Waals surface area contributed by atoms with Crippen LogP contribution in [0.4, 0.5) is 0 Å². The van der Waals surface area contributed by atoms with Crippen LogP contribution in [0.5, 0.6) is 0 Å². The van der Waals surface area contributed by atoms with Gasteiger partial charge in [-0.2, -0.15) is 0 Å². The van der Waals surface area contributed by atoms with E-state index in [4.69, 9.17) is 4.74 Å². The zero-order chi connectivity index (χ0) is 14.0. The molecule has 2 nitrogen and oxygen atoms in total. The summed E-state index contributed by atoms with van der Waals surface area (Å²) in [6, 6.07) is 0. The topological polar surface area (TPSA) is 26.3 Å². The summed E-state index contributed by atoms with van der Waals surface area (Å²) in [7, 11) is 0. The van der Waals surface area contributed by atoms with E-state index in [9.17, 15) is 4.79 Å². The van der Waals surface area contributed by atoms with Gasteiger partial charge >= 0.3 is 0 Å². The molecule has 0 aliphatic heterocycles. The van der Waals surface area contributed by atoms with Crippen molar-refractivity contribution in [1.82, 2.24) is 0 Å². The van der Waals surface area contributed by atoms with Crippen LogP contribution < -0.4 is 0 Å². The molecule has 3 rings (SSSR count). The number of ketones is 1. The SMILES string of the molecule is CCOC1(C(=O)CC2CC3CCC2C3)CCCCCC1. The molecule has 0 aromatic carbocycles. The first-order chi connectivity index (χ1) is 9.73. The summed E-state index contributed by atoms with van der Waals surface area (Å²) in [4.78, 5) is 13.0. The lowest BCUT2D eigenvalue weighted by Gasteiger charge is -2.33. The maximum atomic E-state index is 13.0. The van der Waals surface area contributed by atoms with Crippen LogP contribution in [-0.4, -0.2) is 18.0 Å². The molecule has 2 bridgehead atoms. The number of rotatable bonds is 5. The molecule has 0 aromatic rings. The molecule has 0 heterocycles. The molecule has 0 N–H and O–H groups in total. The van der Waals surface area contributed by atoms with Gasteiger partial charge in [-0.1, -0.05) is 32.1 Å². The molecule has 0 spiro atoms. The Morgan fingerprint density at radius 3 is 2.40 bits per heavy atom. The van der Waals surface area contributed by atoms with Crippen LogP contribution in [0.1, 0.15) is 77.6 Å². The molecule has 3 saturated carbocycles. The molecule has 0 amide bonds. The summed E-state index contributed by atoms with van der Waals surface area (Å²) in [5.41, 5.74) is -0.410. The van der Waals surface area contributed by atoms with Crippen molar-refractivity contribution in [3.05, 3.63) is 0 Å². The maximum absolute atomic E-state index is 13.0. The van der Waals surface area contributed by atoms with Crippen molar-refractivity contribution in [2.24, 2.45) is 17.8 Å². The lowest BCUT2D eigenvalue weighted by atomic mass is 9.79. The van der Waals surface area contributed by atoms with E-state index in [0.717, 1.165) is 31.1 Å². The van der Waals surface area contributed by atoms with Gasteiger partial charge in [-0.15, -0.1) is 0 Å². The molecule has 0 aromatic heterocycles. The summed E-state index contributed by atoms with van der Waals surface area (Å²) < 4.78 is 6.05. The summed E-state index contributed by atoms with van der Waals surface area (Å²) in [5.74, 6) is 2.92. The normalized spacial score (nSPS) is 36.0. The Kier molecular flexibility index (Phi) is 4.49. The Balaban J connectivity index is 1.65. The van der Waals surface area contributed by atoms with Crippen molar-refractivity contribution >= 4 is 5.78 Å². The van der Waals surface area contributed by atoms with Gasteiger partial charge in [0.2, 0.25) is 0 Å². The van der Waals surface area contributed by atoms with Gasteiger partial charge in [0.05, 0.1) is 0 Å². The van der Waals surface area contributed by atoms with E-state index >= 15 is 0 Å². The van der Waals surface area contributed by atoms with Crippen molar-refractivity contribution in [1.29, 1.82) is 0 Å². The van der Waals surface area contributed by atoms with Crippen molar-refractivity contribution in [2.75, 3.05) is 6.61 Å². The first kappa shape index (κ1) is 14.6. The predicted octanol–water partition coefficient (Wildman–Crippen LogP) is 4.51. The highest BCUT2D eigenvalue weighted by atomic mass is 16.5. The molecule has 3 unspecified atom stereocenters. The van der Waals surface area contributed by atoms with Gasteiger partial charge in [0, 0.05) is 13.0 Å². The van der Waals surface area contributed by atoms with Gasteiger partial charge in [0.1, 0.15) is 5.60 Å². The third-order valence-electron chi connectivity index (χ3n) is 6.17. The van der Waals surface area contributed by atoms with E-state index < -0.39 is 5.60 Å². The Labute approximate surface area is 123 Å². The maximum Gasteiger partial charge on any atom is 0.164 e. The molecule has 3 atom stereocenters. The highest BCUT2D eigenvalue weighted by Gasteiger charge is 2.44. The van der Waals surface area contributed by atoms with Gasteiger partial charge < -0.3 is 4.74 Å². The van der Waals surface area contributed by atoms with Gasteiger partial charge in [0.15, 0.2) is 5.78 Å². The molecule has 3 aliphatic carbocycles. The van der Waals surface area contributed by atoms with Crippen molar-refractivity contribution in [3.8, 4) is 0 Å². The molecule has 2 heteroatoms. The third-order valence-corrected chi connectivity index (χ3v) is 6.17. The molecular formula is C18H30O2. The fraction of sp³-hybridized carbons (Fsp3) is 0.944. The van der Waals surface area contributed by atoms with E-state index in [1.165, 1.54) is 51.4 Å². The minimum absolute atomic E-state index is 0.410. The Hall–Kier alpha value is -0.370. The minimum Gasteiger partial charge on any atom is -0.368 e. The van der Waals surface area contributed by atoms with E-state index in [-0.39, 0.29) is 0 Å². The number of hydrogen-bond acceptors (Lipinski definition) is 2. The highest BCUT2D eigenvalue weighted by molar-refractivity contribution is 5.87. The minimum atomic E-state index is -0.410. The third kappa shape index (κ3) is 2.81. The number of carbonyl (C=O) groups is 1. The first-order valence-electron chi connectivity index (χ1n) is 8.91. The van der Waals surface area contributed by atoms with Gasteiger partial charge in [0.25, 0.3) is 0 Å². The van der Waals surface area contributed by atoms with E-state index in [2.05, 4.69) is 0 Å².